The molecule has 10 heteroatoms. The summed E-state index contributed by atoms with van der Waals surface area (Å²) in [6, 6.07) is 9.41. The molecule has 4 aromatic heterocycles. The smallest absolute Gasteiger partial charge is 0.277 e. The predicted octanol–water partition coefficient (Wildman–Crippen LogP) is 1.54. The number of rotatable bonds is 5. The highest BCUT2D eigenvalue weighted by Crippen LogP contribution is 2.24. The third-order valence-corrected chi connectivity index (χ3v) is 4.63. The number of nitrogens with zero attached hydrogens (tertiary/aromatic N) is 7. The molecule has 0 aliphatic carbocycles. The molecular formula is C20H15N7O3. The van der Waals surface area contributed by atoms with Crippen molar-refractivity contribution in [1.29, 1.82) is 0 Å². The average molecular weight is 401 g/mol. The van der Waals surface area contributed by atoms with Crippen molar-refractivity contribution in [3.8, 4) is 22.8 Å². The Bertz CT molecular complexity index is 1370. The van der Waals surface area contributed by atoms with Gasteiger partial charge in [-0.2, -0.15) is 10.1 Å². The van der Waals surface area contributed by atoms with Gasteiger partial charge in [0.1, 0.15) is 17.8 Å². The van der Waals surface area contributed by atoms with E-state index < -0.39 is 0 Å². The SMILES string of the molecule is O=c1c2c(CO)c(-c3ccccc3)nn2ccn1Cc1nc(-c2cnccn2)no1. The van der Waals surface area contributed by atoms with E-state index in [-0.39, 0.29) is 24.6 Å². The number of aliphatic hydroxyl groups is 1. The van der Waals surface area contributed by atoms with E-state index in [9.17, 15) is 9.90 Å². The van der Waals surface area contributed by atoms with E-state index in [1.54, 1.807) is 18.6 Å². The maximum Gasteiger partial charge on any atom is 0.277 e. The first-order chi connectivity index (χ1) is 14.7. The number of hydrogen-bond acceptors (Lipinski definition) is 8. The van der Waals surface area contributed by atoms with Crippen LogP contribution in [0.3, 0.4) is 0 Å². The molecule has 1 N–H and O–H groups in total. The van der Waals surface area contributed by atoms with Crippen molar-refractivity contribution in [2.24, 2.45) is 0 Å². The second kappa shape index (κ2) is 7.33. The number of fused-ring (bicyclic) bond motifs is 1. The zero-order chi connectivity index (χ0) is 20.5. The summed E-state index contributed by atoms with van der Waals surface area (Å²) in [6.45, 7) is -0.246. The van der Waals surface area contributed by atoms with Crippen LogP contribution < -0.4 is 5.56 Å². The fourth-order valence-corrected chi connectivity index (χ4v) is 3.24. The van der Waals surface area contributed by atoms with E-state index in [0.717, 1.165) is 5.56 Å². The average Bonchev–Trinajstić information content (AvgIpc) is 3.42. The molecule has 0 unspecified atom stereocenters. The topological polar surface area (TPSA) is 124 Å². The monoisotopic (exact) mass is 401 g/mol. The fourth-order valence-electron chi connectivity index (χ4n) is 3.24. The van der Waals surface area contributed by atoms with Gasteiger partial charge < -0.3 is 14.2 Å². The molecule has 0 amide bonds. The molecule has 0 atom stereocenters. The molecule has 0 fully saturated rings. The fraction of sp³-hybridized carbons (Fsp3) is 0.100. The van der Waals surface area contributed by atoms with Crippen molar-refractivity contribution in [3.63, 3.8) is 0 Å². The summed E-state index contributed by atoms with van der Waals surface area (Å²) in [5, 5.41) is 18.3. The molecule has 5 rings (SSSR count). The van der Waals surface area contributed by atoms with Crippen molar-refractivity contribution < 1.29 is 9.63 Å². The van der Waals surface area contributed by atoms with Gasteiger partial charge in [0, 0.05) is 35.9 Å². The normalized spacial score (nSPS) is 11.2. The number of hydrogen-bond donors (Lipinski definition) is 1. The van der Waals surface area contributed by atoms with E-state index in [1.165, 1.54) is 21.5 Å². The number of benzene rings is 1. The third kappa shape index (κ3) is 3.05. The van der Waals surface area contributed by atoms with Gasteiger partial charge in [-0.05, 0) is 0 Å². The first-order valence-electron chi connectivity index (χ1n) is 9.10. The maximum absolute atomic E-state index is 13.1. The molecule has 5 aromatic rings. The van der Waals surface area contributed by atoms with E-state index >= 15 is 0 Å². The molecule has 0 saturated carbocycles. The van der Waals surface area contributed by atoms with Crippen molar-refractivity contribution >= 4 is 5.52 Å². The molecular weight excluding hydrogens is 386 g/mol. The Morgan fingerprint density at radius 1 is 1.10 bits per heavy atom. The van der Waals surface area contributed by atoms with Gasteiger partial charge in [-0.15, -0.1) is 0 Å². The minimum absolute atomic E-state index is 0.0688. The lowest BCUT2D eigenvalue weighted by Crippen LogP contribution is -2.22. The van der Waals surface area contributed by atoms with Gasteiger partial charge in [0.15, 0.2) is 0 Å². The second-order valence-electron chi connectivity index (χ2n) is 6.48. The molecule has 0 spiro atoms. The molecule has 10 nitrogen and oxygen atoms in total. The van der Waals surface area contributed by atoms with Crippen LogP contribution in [0.15, 0.2) is 70.6 Å². The molecule has 1 aromatic carbocycles. The Hall–Kier alpha value is -4.18. The first kappa shape index (κ1) is 17.9. The van der Waals surface area contributed by atoms with Gasteiger partial charge in [-0.3, -0.25) is 9.78 Å². The van der Waals surface area contributed by atoms with Crippen LogP contribution in [0.2, 0.25) is 0 Å². The minimum atomic E-state index is -0.324. The Labute approximate surface area is 169 Å². The second-order valence-corrected chi connectivity index (χ2v) is 6.48. The van der Waals surface area contributed by atoms with Gasteiger partial charge in [-0.25, -0.2) is 9.50 Å². The van der Waals surface area contributed by atoms with Crippen LogP contribution in [0, 0.1) is 0 Å². The van der Waals surface area contributed by atoms with Crippen molar-refractivity contribution in [3.05, 3.63) is 83.1 Å². The van der Waals surface area contributed by atoms with Crippen LogP contribution in [-0.4, -0.2) is 39.4 Å². The maximum atomic E-state index is 13.1. The zero-order valence-electron chi connectivity index (χ0n) is 15.6. The third-order valence-electron chi connectivity index (χ3n) is 4.63. The molecule has 148 valence electrons. The Morgan fingerprint density at radius 2 is 1.97 bits per heavy atom. The van der Waals surface area contributed by atoms with E-state index in [1.807, 2.05) is 30.3 Å². The van der Waals surface area contributed by atoms with Gasteiger partial charge >= 0.3 is 0 Å². The molecule has 0 radical (unpaired) electrons. The van der Waals surface area contributed by atoms with Crippen molar-refractivity contribution in [1.82, 2.24) is 34.3 Å². The largest absolute Gasteiger partial charge is 0.392 e. The zero-order valence-corrected chi connectivity index (χ0v) is 15.6. The molecule has 0 aliphatic heterocycles. The van der Waals surface area contributed by atoms with Crippen LogP contribution in [0.25, 0.3) is 28.3 Å². The summed E-state index contributed by atoms with van der Waals surface area (Å²) in [5.41, 5.74) is 2.30. The van der Waals surface area contributed by atoms with Crippen molar-refractivity contribution in [2.45, 2.75) is 13.2 Å². The molecule has 30 heavy (non-hydrogen) atoms. The number of aliphatic hydroxyl groups excluding tert-OH is 1. The highest BCUT2D eigenvalue weighted by atomic mass is 16.5. The predicted molar refractivity (Wildman–Crippen MR) is 105 cm³/mol. The quantitative estimate of drug-likeness (QED) is 0.470. The molecule has 0 bridgehead atoms. The lowest BCUT2D eigenvalue weighted by molar-refractivity contribution is 0.283. The summed E-state index contributed by atoms with van der Waals surface area (Å²) < 4.78 is 8.17. The van der Waals surface area contributed by atoms with Crippen molar-refractivity contribution in [2.75, 3.05) is 0 Å². The minimum Gasteiger partial charge on any atom is -0.392 e. The Balaban J connectivity index is 1.54. The van der Waals surface area contributed by atoms with E-state index in [4.69, 9.17) is 4.52 Å². The standard InChI is InChI=1S/C20H15N7O3/c28-12-14-17(13-4-2-1-3-5-13)24-27-9-8-26(20(29)18(14)27)11-16-23-19(25-30-16)15-10-21-6-7-22-15/h1-10,28H,11-12H2. The number of aromatic nitrogens is 7. The first-order valence-corrected chi connectivity index (χ1v) is 9.10. The lowest BCUT2D eigenvalue weighted by atomic mass is 10.1. The highest BCUT2D eigenvalue weighted by molar-refractivity contribution is 5.72. The van der Waals surface area contributed by atoms with Gasteiger partial charge in [0.2, 0.25) is 11.7 Å². The van der Waals surface area contributed by atoms with Gasteiger partial charge in [-0.1, -0.05) is 35.5 Å². The summed E-state index contributed by atoms with van der Waals surface area (Å²) in [5.74, 6) is 0.537. The molecule has 0 aliphatic rings. The van der Waals surface area contributed by atoms with Crippen LogP contribution in [0.1, 0.15) is 11.5 Å². The van der Waals surface area contributed by atoms with E-state index in [2.05, 4.69) is 25.2 Å². The molecule has 4 heterocycles. The van der Waals surface area contributed by atoms with E-state index in [0.29, 0.717) is 28.3 Å². The van der Waals surface area contributed by atoms with Gasteiger partial charge in [0.25, 0.3) is 5.56 Å². The Morgan fingerprint density at radius 3 is 2.73 bits per heavy atom. The molecule has 0 saturated heterocycles. The van der Waals surface area contributed by atoms with Crippen LogP contribution in [0.4, 0.5) is 0 Å². The van der Waals surface area contributed by atoms with Crippen LogP contribution in [-0.2, 0) is 13.2 Å². The summed E-state index contributed by atoms with van der Waals surface area (Å²) in [4.78, 5) is 25.5. The highest BCUT2D eigenvalue weighted by Gasteiger charge is 2.18. The van der Waals surface area contributed by atoms with Gasteiger partial charge in [0.05, 0.1) is 18.5 Å². The Kier molecular flexibility index (Phi) is 4.37. The summed E-state index contributed by atoms with van der Waals surface area (Å²) >= 11 is 0. The summed E-state index contributed by atoms with van der Waals surface area (Å²) in [6.07, 6.45) is 7.85. The summed E-state index contributed by atoms with van der Waals surface area (Å²) in [7, 11) is 0. The van der Waals surface area contributed by atoms with Crippen LogP contribution in [0.5, 0.6) is 0 Å². The van der Waals surface area contributed by atoms with Crippen LogP contribution >= 0.6 is 0 Å². The lowest BCUT2D eigenvalue weighted by Gasteiger charge is -2.03.